The quantitative estimate of drug-likeness (QED) is 0.188. The molecule has 1 aliphatic rings. The molecule has 198 valence electrons. The molecule has 1 aromatic heterocycles. The maximum atomic E-state index is 11.2. The lowest BCUT2D eigenvalue weighted by atomic mass is 10.1. The molecule has 38 heavy (non-hydrogen) atoms. The summed E-state index contributed by atoms with van der Waals surface area (Å²) in [6.45, 7) is 3.91. The topological polar surface area (TPSA) is 194 Å². The molecule has 0 spiro atoms. The van der Waals surface area contributed by atoms with E-state index in [0.717, 1.165) is 22.3 Å². The number of nitro groups is 2. The highest BCUT2D eigenvalue weighted by molar-refractivity contribution is 9.10. The van der Waals surface area contributed by atoms with Gasteiger partial charge in [-0.15, -0.1) is 0 Å². The van der Waals surface area contributed by atoms with Crippen molar-refractivity contribution in [1.82, 2.24) is 15.0 Å². The molecular weight excluding hydrogens is 590 g/mol. The SMILES string of the molecule is Cc1cc(Br)c(Nc2nc(N/N=C/c3cc([N+](=O)[O-])cc([N+](=O)[O-])c3O)nc(N3CCOCC3)n2)cc1Cl. The number of morpholine rings is 1. The number of phenolic OH excluding ortho intramolecular Hbond substituents is 1. The molecular formula is C21H19BrClN9O6. The summed E-state index contributed by atoms with van der Waals surface area (Å²) in [4.78, 5) is 35.6. The molecule has 4 rings (SSSR count). The lowest BCUT2D eigenvalue weighted by molar-refractivity contribution is -0.394. The van der Waals surface area contributed by atoms with Crippen LogP contribution in [-0.2, 0) is 4.74 Å². The Bertz CT molecular complexity index is 1430. The monoisotopic (exact) mass is 607 g/mol. The van der Waals surface area contributed by atoms with E-state index in [1.165, 1.54) is 0 Å². The van der Waals surface area contributed by atoms with Crippen molar-refractivity contribution in [3.63, 3.8) is 0 Å². The number of hydrogen-bond donors (Lipinski definition) is 3. The van der Waals surface area contributed by atoms with E-state index >= 15 is 0 Å². The number of halogens is 2. The Labute approximate surface area is 227 Å². The van der Waals surface area contributed by atoms with Crippen LogP contribution in [-0.4, -0.2) is 62.4 Å². The number of phenols is 1. The molecule has 0 bridgehead atoms. The van der Waals surface area contributed by atoms with E-state index in [9.17, 15) is 25.3 Å². The van der Waals surface area contributed by atoms with Gasteiger partial charge < -0.3 is 20.1 Å². The Morgan fingerprint density at radius 1 is 1.13 bits per heavy atom. The van der Waals surface area contributed by atoms with Gasteiger partial charge in [-0.1, -0.05) is 11.6 Å². The number of non-ortho nitro benzene ring substituents is 1. The summed E-state index contributed by atoms with van der Waals surface area (Å²) in [5, 5.41) is 40.1. The molecule has 1 saturated heterocycles. The second kappa shape index (κ2) is 11.5. The summed E-state index contributed by atoms with van der Waals surface area (Å²) in [6.07, 6.45) is 0.983. The van der Waals surface area contributed by atoms with E-state index in [2.05, 4.69) is 46.7 Å². The average Bonchev–Trinajstić information content (AvgIpc) is 2.88. The van der Waals surface area contributed by atoms with Crippen molar-refractivity contribution in [2.45, 2.75) is 6.92 Å². The Kier molecular flexibility index (Phi) is 8.13. The van der Waals surface area contributed by atoms with Gasteiger partial charge in [-0.05, 0) is 40.5 Å². The van der Waals surface area contributed by atoms with Crippen molar-refractivity contribution in [3.8, 4) is 5.75 Å². The van der Waals surface area contributed by atoms with E-state index in [-0.39, 0.29) is 17.5 Å². The van der Waals surface area contributed by atoms with Crippen molar-refractivity contribution >= 4 is 68.7 Å². The van der Waals surface area contributed by atoms with Crippen LogP contribution in [0.25, 0.3) is 0 Å². The second-order valence-electron chi connectivity index (χ2n) is 7.88. The summed E-state index contributed by atoms with van der Waals surface area (Å²) < 4.78 is 6.11. The number of anilines is 4. The summed E-state index contributed by atoms with van der Waals surface area (Å²) in [5.41, 5.74) is 2.38. The van der Waals surface area contributed by atoms with E-state index in [4.69, 9.17) is 16.3 Å². The van der Waals surface area contributed by atoms with Crippen LogP contribution in [0.1, 0.15) is 11.1 Å². The van der Waals surface area contributed by atoms with Gasteiger partial charge in [0.1, 0.15) is 0 Å². The fourth-order valence-corrected chi connectivity index (χ4v) is 4.09. The predicted octanol–water partition coefficient (Wildman–Crippen LogP) is 4.14. The van der Waals surface area contributed by atoms with E-state index in [1.54, 1.807) is 6.07 Å². The molecule has 0 aliphatic carbocycles. The lowest BCUT2D eigenvalue weighted by Gasteiger charge is -2.27. The van der Waals surface area contributed by atoms with Gasteiger partial charge >= 0.3 is 5.69 Å². The second-order valence-corrected chi connectivity index (χ2v) is 9.14. The molecule has 0 unspecified atom stereocenters. The predicted molar refractivity (Wildman–Crippen MR) is 143 cm³/mol. The first-order valence-electron chi connectivity index (χ1n) is 10.9. The number of aromatic hydroxyl groups is 1. The molecule has 2 aromatic carbocycles. The number of hydrogen-bond acceptors (Lipinski definition) is 13. The Morgan fingerprint density at radius 2 is 1.84 bits per heavy atom. The van der Waals surface area contributed by atoms with Crippen LogP contribution in [0.5, 0.6) is 5.75 Å². The zero-order valence-electron chi connectivity index (χ0n) is 19.6. The lowest BCUT2D eigenvalue weighted by Crippen LogP contribution is -2.37. The molecule has 3 aromatic rings. The van der Waals surface area contributed by atoms with Crippen LogP contribution in [0.2, 0.25) is 5.02 Å². The van der Waals surface area contributed by atoms with Gasteiger partial charge in [0.05, 0.1) is 46.6 Å². The van der Waals surface area contributed by atoms with Gasteiger partial charge in [-0.3, -0.25) is 20.2 Å². The van der Waals surface area contributed by atoms with Crippen LogP contribution in [0.15, 0.2) is 33.8 Å². The minimum atomic E-state index is -0.929. The Morgan fingerprint density at radius 3 is 2.53 bits per heavy atom. The van der Waals surface area contributed by atoms with Crippen LogP contribution in [0.4, 0.5) is 34.9 Å². The first-order chi connectivity index (χ1) is 18.1. The fraction of sp³-hybridized carbons (Fsp3) is 0.238. The van der Waals surface area contributed by atoms with Crippen molar-refractivity contribution in [2.75, 3.05) is 41.9 Å². The van der Waals surface area contributed by atoms with Gasteiger partial charge in [0.15, 0.2) is 0 Å². The third-order valence-electron chi connectivity index (χ3n) is 5.29. The van der Waals surface area contributed by atoms with Gasteiger partial charge in [-0.25, -0.2) is 5.43 Å². The minimum absolute atomic E-state index is 0.00556. The molecule has 0 atom stereocenters. The number of benzene rings is 2. The zero-order valence-corrected chi connectivity index (χ0v) is 21.9. The zero-order chi connectivity index (χ0) is 27.4. The van der Waals surface area contributed by atoms with Gasteiger partial charge in [-0.2, -0.15) is 20.1 Å². The molecule has 2 heterocycles. The summed E-state index contributed by atoms with van der Waals surface area (Å²) in [7, 11) is 0. The summed E-state index contributed by atoms with van der Waals surface area (Å²) >= 11 is 9.75. The maximum absolute atomic E-state index is 11.2. The fourth-order valence-electron chi connectivity index (χ4n) is 3.37. The third-order valence-corrected chi connectivity index (χ3v) is 6.36. The largest absolute Gasteiger partial charge is 0.502 e. The van der Waals surface area contributed by atoms with Crippen LogP contribution >= 0.6 is 27.5 Å². The molecule has 0 amide bonds. The van der Waals surface area contributed by atoms with E-state index < -0.39 is 27.0 Å². The van der Waals surface area contributed by atoms with Gasteiger partial charge in [0, 0.05) is 28.7 Å². The number of aromatic nitrogens is 3. The number of nitrogens with one attached hydrogen (secondary N) is 2. The van der Waals surface area contributed by atoms with E-state index in [0.29, 0.717) is 49.0 Å². The highest BCUT2D eigenvalue weighted by Gasteiger charge is 2.23. The highest BCUT2D eigenvalue weighted by Crippen LogP contribution is 2.34. The Balaban J connectivity index is 1.66. The molecule has 3 N–H and O–H groups in total. The number of aryl methyl sites for hydroxylation is 1. The third kappa shape index (κ3) is 6.21. The molecule has 17 heteroatoms. The first kappa shape index (κ1) is 26.9. The van der Waals surface area contributed by atoms with Gasteiger partial charge in [0.25, 0.3) is 5.69 Å². The van der Waals surface area contributed by atoms with Crippen molar-refractivity contribution in [2.24, 2.45) is 5.10 Å². The molecule has 15 nitrogen and oxygen atoms in total. The van der Waals surface area contributed by atoms with E-state index in [1.807, 2.05) is 17.9 Å². The molecule has 0 radical (unpaired) electrons. The molecule has 1 fully saturated rings. The average molecular weight is 609 g/mol. The first-order valence-corrected chi connectivity index (χ1v) is 12.1. The normalized spacial score (nSPS) is 13.5. The smallest absolute Gasteiger partial charge is 0.318 e. The minimum Gasteiger partial charge on any atom is -0.502 e. The maximum Gasteiger partial charge on any atom is 0.318 e. The number of rotatable bonds is 8. The number of ether oxygens (including phenoxy) is 1. The van der Waals surface area contributed by atoms with Crippen LogP contribution in [0.3, 0.4) is 0 Å². The van der Waals surface area contributed by atoms with Crippen LogP contribution in [0, 0.1) is 27.2 Å². The summed E-state index contributed by atoms with van der Waals surface area (Å²) in [5.74, 6) is -0.298. The van der Waals surface area contributed by atoms with Crippen LogP contribution < -0.4 is 15.6 Å². The highest BCUT2D eigenvalue weighted by atomic mass is 79.9. The molecule has 1 aliphatic heterocycles. The Hall–Kier alpha value is -4.15. The van der Waals surface area contributed by atoms with Gasteiger partial charge in [0.2, 0.25) is 23.6 Å². The van der Waals surface area contributed by atoms with Crippen molar-refractivity contribution in [3.05, 3.63) is 65.1 Å². The number of nitrogens with zero attached hydrogens (tertiary/aromatic N) is 7. The van der Waals surface area contributed by atoms with Crippen molar-refractivity contribution < 1.29 is 19.7 Å². The number of hydrazone groups is 1. The molecule has 0 saturated carbocycles. The van der Waals surface area contributed by atoms with Crippen molar-refractivity contribution in [1.29, 1.82) is 0 Å². The summed E-state index contributed by atoms with van der Waals surface area (Å²) in [6, 6.07) is 5.16. The standard InChI is InChI=1S/C21H19BrClN9O6/c1-11-6-14(22)16(9-15(11)23)25-19-26-20(28-21(27-19)30-2-4-38-5-3-30)29-24-10-12-7-13(31(34)35)8-17(18(12)33)32(36)37/h6-10,33H,2-5H2,1H3,(H2,25,26,27,28,29)/b24-10+. The number of nitro benzene ring substituents is 2.